The highest BCUT2D eigenvalue weighted by molar-refractivity contribution is 4.83. The third-order valence-corrected chi connectivity index (χ3v) is 3.17. The third-order valence-electron chi connectivity index (χ3n) is 3.17. The lowest BCUT2D eigenvalue weighted by Crippen LogP contribution is -2.51. The quantitative estimate of drug-likeness (QED) is 0.771. The molecule has 4 nitrogen and oxygen atoms in total. The van der Waals surface area contributed by atoms with Crippen LogP contribution in [0.3, 0.4) is 0 Å². The Morgan fingerprint density at radius 2 is 2.00 bits per heavy atom. The Hall–Kier alpha value is -0.160. The molecule has 2 fully saturated rings. The highest BCUT2D eigenvalue weighted by Gasteiger charge is 2.32. The first-order chi connectivity index (χ1) is 7.54. The molecule has 0 aromatic heterocycles. The molecule has 1 N–H and O–H groups in total. The average Bonchev–Trinajstić information content (AvgIpc) is 2.68. The molecule has 0 bridgehead atoms. The van der Waals surface area contributed by atoms with Crippen molar-refractivity contribution in [1.29, 1.82) is 0 Å². The number of hydrogen-bond acceptors (Lipinski definition) is 4. The molecule has 0 spiro atoms. The van der Waals surface area contributed by atoms with Crippen molar-refractivity contribution in [2.24, 2.45) is 0 Å². The predicted molar refractivity (Wildman–Crippen MR) is 61.5 cm³/mol. The van der Waals surface area contributed by atoms with Gasteiger partial charge in [-0.2, -0.15) is 0 Å². The van der Waals surface area contributed by atoms with E-state index in [-0.39, 0.29) is 12.2 Å². The van der Waals surface area contributed by atoms with Crippen molar-refractivity contribution in [3.63, 3.8) is 0 Å². The van der Waals surface area contributed by atoms with Gasteiger partial charge in [-0.3, -0.25) is 4.90 Å². The standard InChI is InChI=1S/C12H23NO3/c1-12(2,14)9-13-5-7-16-11(8-13)10-4-3-6-15-10/h10-11,14H,3-9H2,1-2H3. The van der Waals surface area contributed by atoms with Crippen LogP contribution in [0.4, 0.5) is 0 Å². The van der Waals surface area contributed by atoms with Crippen molar-refractivity contribution in [3.8, 4) is 0 Å². The molecule has 2 atom stereocenters. The molecule has 0 radical (unpaired) electrons. The van der Waals surface area contributed by atoms with E-state index in [2.05, 4.69) is 4.90 Å². The van der Waals surface area contributed by atoms with Gasteiger partial charge in [-0.1, -0.05) is 0 Å². The predicted octanol–water partition coefficient (Wildman–Crippen LogP) is 0.637. The highest BCUT2D eigenvalue weighted by atomic mass is 16.5. The van der Waals surface area contributed by atoms with Crippen molar-refractivity contribution >= 4 is 0 Å². The maximum atomic E-state index is 9.81. The van der Waals surface area contributed by atoms with E-state index in [1.54, 1.807) is 0 Å². The Morgan fingerprint density at radius 1 is 1.25 bits per heavy atom. The monoisotopic (exact) mass is 229 g/mol. The SMILES string of the molecule is CC(C)(O)CN1CCOC(C2CCCO2)C1. The molecule has 2 heterocycles. The van der Waals surface area contributed by atoms with Crippen molar-refractivity contribution in [3.05, 3.63) is 0 Å². The molecule has 2 saturated heterocycles. The van der Waals surface area contributed by atoms with Gasteiger partial charge in [-0.25, -0.2) is 0 Å². The van der Waals surface area contributed by atoms with Gasteiger partial charge in [-0.05, 0) is 26.7 Å². The van der Waals surface area contributed by atoms with E-state index < -0.39 is 5.60 Å². The fraction of sp³-hybridized carbons (Fsp3) is 1.00. The number of morpholine rings is 1. The van der Waals surface area contributed by atoms with Crippen LogP contribution in [-0.2, 0) is 9.47 Å². The Morgan fingerprint density at radius 3 is 2.62 bits per heavy atom. The minimum atomic E-state index is -0.627. The fourth-order valence-corrected chi connectivity index (χ4v) is 2.54. The molecule has 0 aromatic carbocycles. The number of nitrogens with zero attached hydrogens (tertiary/aromatic N) is 1. The molecule has 4 heteroatoms. The van der Waals surface area contributed by atoms with Crippen LogP contribution in [0.1, 0.15) is 26.7 Å². The molecular weight excluding hydrogens is 206 g/mol. The fourth-order valence-electron chi connectivity index (χ4n) is 2.54. The van der Waals surface area contributed by atoms with Gasteiger partial charge in [0.25, 0.3) is 0 Å². The Kier molecular flexibility index (Phi) is 3.85. The Balaban J connectivity index is 1.83. The molecule has 16 heavy (non-hydrogen) atoms. The van der Waals surface area contributed by atoms with E-state index in [0.717, 1.165) is 39.1 Å². The Bertz CT molecular complexity index is 221. The van der Waals surface area contributed by atoms with Crippen LogP contribution in [0.25, 0.3) is 0 Å². The van der Waals surface area contributed by atoms with Gasteiger partial charge in [0.15, 0.2) is 0 Å². The van der Waals surface area contributed by atoms with Crippen molar-refractivity contribution in [2.45, 2.75) is 44.5 Å². The summed E-state index contributed by atoms with van der Waals surface area (Å²) in [5.74, 6) is 0. The zero-order valence-electron chi connectivity index (χ0n) is 10.3. The van der Waals surface area contributed by atoms with E-state index in [1.165, 1.54) is 0 Å². The average molecular weight is 229 g/mol. The van der Waals surface area contributed by atoms with Gasteiger partial charge < -0.3 is 14.6 Å². The van der Waals surface area contributed by atoms with Gasteiger partial charge in [0.05, 0.1) is 24.4 Å². The zero-order valence-corrected chi connectivity index (χ0v) is 10.3. The molecule has 2 unspecified atom stereocenters. The largest absolute Gasteiger partial charge is 0.389 e. The normalized spacial score (nSPS) is 33.2. The summed E-state index contributed by atoms with van der Waals surface area (Å²) in [7, 11) is 0. The summed E-state index contributed by atoms with van der Waals surface area (Å²) in [4.78, 5) is 2.27. The van der Waals surface area contributed by atoms with Crippen molar-refractivity contribution in [1.82, 2.24) is 4.90 Å². The van der Waals surface area contributed by atoms with Gasteiger partial charge in [-0.15, -0.1) is 0 Å². The van der Waals surface area contributed by atoms with E-state index in [0.29, 0.717) is 6.54 Å². The molecule has 0 aliphatic carbocycles. The first-order valence-electron chi connectivity index (χ1n) is 6.22. The Labute approximate surface area is 97.5 Å². The lowest BCUT2D eigenvalue weighted by molar-refractivity contribution is -0.105. The molecule has 0 amide bonds. The smallest absolute Gasteiger partial charge is 0.0963 e. The lowest BCUT2D eigenvalue weighted by atomic mass is 10.1. The van der Waals surface area contributed by atoms with Crippen LogP contribution in [-0.4, -0.2) is 60.7 Å². The molecule has 2 aliphatic rings. The molecular formula is C12H23NO3. The minimum Gasteiger partial charge on any atom is -0.389 e. The van der Waals surface area contributed by atoms with Gasteiger partial charge >= 0.3 is 0 Å². The second-order valence-electron chi connectivity index (χ2n) is 5.51. The van der Waals surface area contributed by atoms with E-state index >= 15 is 0 Å². The summed E-state index contributed by atoms with van der Waals surface area (Å²) in [6.07, 6.45) is 2.72. The van der Waals surface area contributed by atoms with Crippen LogP contribution in [0.15, 0.2) is 0 Å². The van der Waals surface area contributed by atoms with Crippen LogP contribution < -0.4 is 0 Å². The maximum absolute atomic E-state index is 9.81. The third kappa shape index (κ3) is 3.42. The van der Waals surface area contributed by atoms with Crippen LogP contribution in [0.5, 0.6) is 0 Å². The summed E-state index contributed by atoms with van der Waals surface area (Å²) in [5.41, 5.74) is -0.627. The maximum Gasteiger partial charge on any atom is 0.0963 e. The number of rotatable bonds is 3. The van der Waals surface area contributed by atoms with E-state index in [9.17, 15) is 5.11 Å². The lowest BCUT2D eigenvalue weighted by Gasteiger charge is -2.37. The number of aliphatic hydroxyl groups is 1. The number of ether oxygens (including phenoxy) is 2. The number of hydrogen-bond donors (Lipinski definition) is 1. The topological polar surface area (TPSA) is 41.9 Å². The van der Waals surface area contributed by atoms with Crippen LogP contribution >= 0.6 is 0 Å². The van der Waals surface area contributed by atoms with Gasteiger partial charge in [0.2, 0.25) is 0 Å². The summed E-state index contributed by atoms with van der Waals surface area (Å²) in [6, 6.07) is 0. The molecule has 0 saturated carbocycles. The summed E-state index contributed by atoms with van der Waals surface area (Å²) >= 11 is 0. The molecule has 2 rings (SSSR count). The van der Waals surface area contributed by atoms with Crippen molar-refractivity contribution in [2.75, 3.05) is 32.8 Å². The molecule has 0 aromatic rings. The minimum absolute atomic E-state index is 0.193. The zero-order chi connectivity index (χ0) is 11.6. The second kappa shape index (κ2) is 5.00. The van der Waals surface area contributed by atoms with Gasteiger partial charge in [0.1, 0.15) is 0 Å². The summed E-state index contributed by atoms with van der Waals surface area (Å²) < 4.78 is 11.4. The first kappa shape index (κ1) is 12.3. The highest BCUT2D eigenvalue weighted by Crippen LogP contribution is 2.21. The van der Waals surface area contributed by atoms with E-state index in [4.69, 9.17) is 9.47 Å². The van der Waals surface area contributed by atoms with Crippen molar-refractivity contribution < 1.29 is 14.6 Å². The van der Waals surface area contributed by atoms with E-state index in [1.807, 2.05) is 13.8 Å². The van der Waals surface area contributed by atoms with Crippen LogP contribution in [0.2, 0.25) is 0 Å². The number of β-amino-alcohol motifs (C(OH)–C–C–N with tert-alkyl or cyclic N) is 1. The molecule has 2 aliphatic heterocycles. The second-order valence-corrected chi connectivity index (χ2v) is 5.51. The molecule has 94 valence electrons. The van der Waals surface area contributed by atoms with Gasteiger partial charge in [0, 0.05) is 26.2 Å². The first-order valence-corrected chi connectivity index (χ1v) is 6.22. The summed E-state index contributed by atoms with van der Waals surface area (Å²) in [6.45, 7) is 7.82. The van der Waals surface area contributed by atoms with Crippen LogP contribution in [0, 0.1) is 0 Å². The summed E-state index contributed by atoms with van der Waals surface area (Å²) in [5, 5.41) is 9.81.